The lowest BCUT2D eigenvalue weighted by Gasteiger charge is -2.39. The first-order valence-corrected chi connectivity index (χ1v) is 23.2. The number of H-pyrrole nitrogens is 3. The highest BCUT2D eigenvalue weighted by Gasteiger charge is 2.45. The number of rotatable bonds is 11. The van der Waals surface area contributed by atoms with Gasteiger partial charge in [0.25, 0.3) is 5.91 Å². The fourth-order valence-electron chi connectivity index (χ4n) is 11.2. The number of carbonyl (C=O) groups excluding carboxylic acids is 2. The summed E-state index contributed by atoms with van der Waals surface area (Å²) in [5.41, 5.74) is 5.24. The lowest BCUT2D eigenvalue weighted by atomic mass is 9.85. The molecule has 0 bridgehead atoms. The highest BCUT2D eigenvalue weighted by atomic mass is 16.5. The molecule has 0 spiro atoms. The van der Waals surface area contributed by atoms with Crippen molar-refractivity contribution in [3.63, 3.8) is 0 Å². The van der Waals surface area contributed by atoms with Crippen LogP contribution >= 0.6 is 0 Å². The van der Waals surface area contributed by atoms with Crippen LogP contribution in [0.15, 0.2) is 67.4 Å². The number of amides is 2. The first-order valence-electron chi connectivity index (χ1n) is 23.2. The highest BCUT2D eigenvalue weighted by molar-refractivity contribution is 5.84. The van der Waals surface area contributed by atoms with E-state index in [1.165, 1.54) is 0 Å². The summed E-state index contributed by atoms with van der Waals surface area (Å²) in [4.78, 5) is 57.7. The summed E-state index contributed by atoms with van der Waals surface area (Å²) in [5, 5.41) is 3.38. The molecule has 14 nitrogen and oxygen atoms in total. The van der Waals surface area contributed by atoms with Crippen LogP contribution in [-0.4, -0.2) is 114 Å². The number of benzene rings is 1. The predicted molar refractivity (Wildman–Crippen MR) is 242 cm³/mol. The zero-order valence-electron chi connectivity index (χ0n) is 38.2. The first-order chi connectivity index (χ1) is 30.4. The minimum atomic E-state index is -0.540. The summed E-state index contributed by atoms with van der Waals surface area (Å²) in [6.45, 7) is 12.6. The van der Waals surface area contributed by atoms with Crippen LogP contribution < -0.4 is 5.32 Å². The molecule has 4 fully saturated rings. The van der Waals surface area contributed by atoms with Crippen molar-refractivity contribution in [1.29, 1.82) is 0 Å². The number of nitrogens with zero attached hydrogens (tertiary/aromatic N) is 5. The van der Waals surface area contributed by atoms with E-state index in [4.69, 9.17) is 29.2 Å². The van der Waals surface area contributed by atoms with Gasteiger partial charge in [-0.15, -0.1) is 0 Å². The molecule has 1 aromatic carbocycles. The number of ether oxygens (including phenoxy) is 3. The first kappa shape index (κ1) is 44.7. The van der Waals surface area contributed by atoms with Gasteiger partial charge in [0.15, 0.2) is 0 Å². The zero-order valence-corrected chi connectivity index (χ0v) is 38.2. The van der Waals surface area contributed by atoms with Gasteiger partial charge in [-0.25, -0.2) is 9.97 Å². The SMILES string of the molecule is CNC(C(=O)N1C(c2ncc(-c3ccc(-c4ccc[nH]ccnc4-c4cnc([C@@H]5CC[C@H](C)N5C(=O)C(OC)C5C[C@@H](C)O[C@@H](C)C5)[nH]4)cc3)[nH]2)CC[C@@H]1C)C1C[C@@H](C)O[C@@H](C)C1. The van der Waals surface area contributed by atoms with Crippen molar-refractivity contribution < 1.29 is 23.8 Å². The van der Waals surface area contributed by atoms with E-state index >= 15 is 0 Å². The second kappa shape index (κ2) is 19.5. The van der Waals surface area contributed by atoms with Crippen LogP contribution in [0.4, 0.5) is 0 Å². The normalized spacial score (nSPS) is 29.7. The van der Waals surface area contributed by atoms with Crippen LogP contribution in [0.1, 0.15) is 117 Å². The van der Waals surface area contributed by atoms with Gasteiger partial charge in [-0.3, -0.25) is 14.6 Å². The van der Waals surface area contributed by atoms with Crippen molar-refractivity contribution in [3.8, 4) is 33.8 Å². The number of carbonyl (C=O) groups is 2. The maximum Gasteiger partial charge on any atom is 0.252 e. The van der Waals surface area contributed by atoms with Crippen LogP contribution in [0.3, 0.4) is 0 Å². The molecule has 4 aromatic rings. The summed E-state index contributed by atoms with van der Waals surface area (Å²) in [7, 11) is 3.55. The molecule has 12 atom stereocenters. The van der Waals surface area contributed by atoms with E-state index in [9.17, 15) is 9.59 Å². The highest BCUT2D eigenvalue weighted by Crippen LogP contribution is 2.41. The molecule has 8 rings (SSSR count). The Labute approximate surface area is 372 Å². The molecule has 0 aliphatic carbocycles. The molecule has 4 aliphatic heterocycles. The molecule has 5 unspecified atom stereocenters. The Hall–Kier alpha value is -4.89. The zero-order chi connectivity index (χ0) is 44.4. The molecule has 63 heavy (non-hydrogen) atoms. The topological polar surface area (TPSA) is 166 Å². The van der Waals surface area contributed by atoms with Crippen molar-refractivity contribution in [2.45, 2.75) is 154 Å². The molecule has 4 N–H and O–H groups in total. The predicted octanol–water partition coefficient (Wildman–Crippen LogP) is 8.10. The minimum Gasteiger partial charge on any atom is -0.376 e. The molecular formula is C49H67N9O5. The average molecular weight is 862 g/mol. The number of aromatic nitrogens is 6. The molecule has 4 saturated heterocycles. The van der Waals surface area contributed by atoms with Gasteiger partial charge in [-0.05, 0) is 129 Å². The van der Waals surface area contributed by atoms with Gasteiger partial charge in [-0.1, -0.05) is 30.3 Å². The molecule has 0 radical (unpaired) electrons. The standard InChI is InChI=1S/C49H67N9O5/c1-28-11-17-41(57(28)48(59)43(50-7)36-22-30(3)62-31(4)23-36)46-53-26-39(55-46)35-15-13-34(14-16-35)38-10-9-19-51-20-21-52-44(38)40-27-54-47(56-40)42-18-12-29(2)58(42)49(60)45(61-8)37-24-32(5)63-33(6)25-37/h9-10,13-16,19-21,26-33,36-37,41-43,45,50-51H,11-12,17-18,22-25H2,1-8H3,(H,53,55)(H,54,56)/t28-,29-,30-,31+,32-,33+,36?,37?,41?,42-,43?,45?/m0/s1. The minimum absolute atomic E-state index is 0.0155. The van der Waals surface area contributed by atoms with E-state index in [1.54, 1.807) is 19.5 Å². The fourth-order valence-corrected chi connectivity index (χ4v) is 11.2. The number of likely N-dealkylation sites (tertiary alicyclic amines) is 2. The number of aromatic amines is 3. The molecule has 7 heterocycles. The van der Waals surface area contributed by atoms with Crippen LogP contribution in [0.2, 0.25) is 0 Å². The van der Waals surface area contributed by atoms with Gasteiger partial charge in [0, 0.05) is 43.3 Å². The van der Waals surface area contributed by atoms with Gasteiger partial charge in [0.1, 0.15) is 17.8 Å². The van der Waals surface area contributed by atoms with E-state index < -0.39 is 6.10 Å². The Morgan fingerprint density at radius 1 is 0.698 bits per heavy atom. The van der Waals surface area contributed by atoms with Crippen molar-refractivity contribution in [2.24, 2.45) is 11.8 Å². The monoisotopic (exact) mass is 862 g/mol. The van der Waals surface area contributed by atoms with Gasteiger partial charge in [-0.2, -0.15) is 0 Å². The molecule has 0 saturated carbocycles. The smallest absolute Gasteiger partial charge is 0.252 e. The Morgan fingerprint density at radius 2 is 1.24 bits per heavy atom. The Morgan fingerprint density at radius 3 is 1.83 bits per heavy atom. The lowest BCUT2D eigenvalue weighted by molar-refractivity contribution is -0.154. The second-order valence-electron chi connectivity index (χ2n) is 18.6. The third-order valence-corrected chi connectivity index (χ3v) is 14.0. The van der Waals surface area contributed by atoms with Gasteiger partial charge in [0.05, 0.1) is 72.0 Å². The molecular weight excluding hydrogens is 795 g/mol. The van der Waals surface area contributed by atoms with Crippen LogP contribution in [-0.2, 0) is 23.8 Å². The summed E-state index contributed by atoms with van der Waals surface area (Å²) < 4.78 is 18.0. The summed E-state index contributed by atoms with van der Waals surface area (Å²) >= 11 is 0. The van der Waals surface area contributed by atoms with Gasteiger partial charge in [0.2, 0.25) is 5.91 Å². The third-order valence-electron chi connectivity index (χ3n) is 14.0. The van der Waals surface area contributed by atoms with Crippen molar-refractivity contribution >= 4 is 11.8 Å². The number of imidazole rings is 2. The quantitative estimate of drug-likeness (QED) is 0.117. The van der Waals surface area contributed by atoms with Crippen molar-refractivity contribution in [1.82, 2.24) is 45.0 Å². The van der Waals surface area contributed by atoms with E-state index in [0.29, 0.717) is 0 Å². The maximum absolute atomic E-state index is 14.3. The number of hydrogen-bond acceptors (Lipinski definition) is 9. The molecule has 338 valence electrons. The maximum atomic E-state index is 14.3. The van der Waals surface area contributed by atoms with E-state index in [-0.39, 0.29) is 78.3 Å². The fraction of sp³-hybridized carbons (Fsp3) is 0.571. The molecule has 3 aromatic heterocycles. The van der Waals surface area contributed by atoms with Gasteiger partial charge >= 0.3 is 0 Å². The van der Waals surface area contributed by atoms with Crippen LogP contribution in [0.5, 0.6) is 0 Å². The van der Waals surface area contributed by atoms with E-state index in [1.807, 2.05) is 42.7 Å². The number of likely N-dealkylation sites (N-methyl/N-ethyl adjacent to an activating group) is 1. The van der Waals surface area contributed by atoms with Crippen LogP contribution in [0.25, 0.3) is 33.8 Å². The Kier molecular flexibility index (Phi) is 13.8. The second-order valence-corrected chi connectivity index (χ2v) is 18.6. The molecule has 14 heteroatoms. The average Bonchev–Trinajstić information content (AvgIpc) is 4.08. The molecule has 4 aliphatic rings. The largest absolute Gasteiger partial charge is 0.376 e. The summed E-state index contributed by atoms with van der Waals surface area (Å²) in [5.74, 6) is 2.00. The van der Waals surface area contributed by atoms with E-state index in [0.717, 1.165) is 96.8 Å². The number of nitrogens with one attached hydrogen (secondary N) is 4. The number of methoxy groups -OCH3 is 1. The molecule has 2 amide bonds. The van der Waals surface area contributed by atoms with Crippen LogP contribution in [0, 0.1) is 11.8 Å². The van der Waals surface area contributed by atoms with Crippen molar-refractivity contribution in [3.05, 3.63) is 79.0 Å². The summed E-state index contributed by atoms with van der Waals surface area (Å²) in [6, 6.07) is 11.9. The third kappa shape index (κ3) is 9.50. The Bertz CT molecular complexity index is 2220. The van der Waals surface area contributed by atoms with Crippen molar-refractivity contribution in [2.75, 3.05) is 14.2 Å². The van der Waals surface area contributed by atoms with Gasteiger partial charge < -0.3 is 44.3 Å². The van der Waals surface area contributed by atoms with E-state index in [2.05, 4.69) is 91.0 Å². The Balaban J connectivity index is 1.03. The lowest BCUT2D eigenvalue weighted by Crippen LogP contribution is -2.53. The number of hydrogen-bond donors (Lipinski definition) is 4. The summed E-state index contributed by atoms with van der Waals surface area (Å²) in [6.07, 6.45) is 15.7.